The minimum absolute atomic E-state index is 0.00386. The third kappa shape index (κ3) is 4.81. The van der Waals surface area contributed by atoms with Crippen molar-refractivity contribution in [3.8, 4) is 0 Å². The van der Waals surface area contributed by atoms with Gasteiger partial charge < -0.3 is 18.9 Å². The Balaban J connectivity index is 1.49. The molecule has 1 aromatic carbocycles. The normalized spacial score (nSPS) is 19.1. The summed E-state index contributed by atoms with van der Waals surface area (Å²) in [7, 11) is 4.15. The molecule has 1 aliphatic heterocycles. The van der Waals surface area contributed by atoms with Crippen LogP contribution in [0.2, 0.25) is 0 Å². The van der Waals surface area contributed by atoms with Crippen LogP contribution in [0.15, 0.2) is 48.8 Å². The SMILES string of the molecule is CCN(C(=O)c1cn2ccc(C)cc2n1)[C@H]1CCO[C@@H](c2ccc(CN(C)C)cc2)C1. The lowest BCUT2D eigenvalue weighted by Gasteiger charge is -2.37. The van der Waals surface area contributed by atoms with Crippen LogP contribution in [0.1, 0.15) is 53.0 Å². The van der Waals surface area contributed by atoms with Crippen molar-refractivity contribution >= 4 is 11.6 Å². The Morgan fingerprint density at radius 3 is 2.71 bits per heavy atom. The largest absolute Gasteiger partial charge is 0.373 e. The van der Waals surface area contributed by atoms with Gasteiger partial charge in [0.2, 0.25) is 0 Å². The number of amides is 1. The maximum Gasteiger partial charge on any atom is 0.274 e. The molecule has 3 heterocycles. The number of imidazole rings is 1. The zero-order valence-electron chi connectivity index (χ0n) is 18.9. The molecule has 0 unspecified atom stereocenters. The molecule has 1 amide bonds. The van der Waals surface area contributed by atoms with E-state index >= 15 is 0 Å². The van der Waals surface area contributed by atoms with Crippen LogP contribution >= 0.6 is 0 Å². The second kappa shape index (κ2) is 9.20. The highest BCUT2D eigenvalue weighted by atomic mass is 16.5. The Morgan fingerprint density at radius 1 is 1.23 bits per heavy atom. The molecule has 0 N–H and O–H groups in total. The topological polar surface area (TPSA) is 50.1 Å². The number of aryl methyl sites for hydroxylation is 1. The lowest BCUT2D eigenvalue weighted by Crippen LogP contribution is -2.44. The van der Waals surface area contributed by atoms with Crippen LogP contribution in [0.3, 0.4) is 0 Å². The summed E-state index contributed by atoms with van der Waals surface area (Å²) in [6.07, 6.45) is 5.45. The molecule has 31 heavy (non-hydrogen) atoms. The lowest BCUT2D eigenvalue weighted by atomic mass is 9.95. The first-order chi connectivity index (χ1) is 14.9. The van der Waals surface area contributed by atoms with Crippen molar-refractivity contribution in [3.63, 3.8) is 0 Å². The number of benzene rings is 1. The second-order valence-electron chi connectivity index (χ2n) is 8.70. The van der Waals surface area contributed by atoms with Crippen LogP contribution in [-0.4, -0.2) is 58.4 Å². The van der Waals surface area contributed by atoms with Crippen LogP contribution in [0.4, 0.5) is 0 Å². The number of fused-ring (bicyclic) bond motifs is 1. The highest BCUT2D eigenvalue weighted by Crippen LogP contribution is 2.31. The molecule has 0 spiro atoms. The number of ether oxygens (including phenoxy) is 1. The zero-order valence-corrected chi connectivity index (χ0v) is 18.9. The van der Waals surface area contributed by atoms with Crippen molar-refractivity contribution in [1.82, 2.24) is 19.2 Å². The van der Waals surface area contributed by atoms with Crippen LogP contribution in [0.25, 0.3) is 5.65 Å². The van der Waals surface area contributed by atoms with Gasteiger partial charge in [-0.3, -0.25) is 4.79 Å². The summed E-state index contributed by atoms with van der Waals surface area (Å²) >= 11 is 0. The third-order valence-electron chi connectivity index (χ3n) is 5.98. The zero-order chi connectivity index (χ0) is 22.0. The molecule has 3 aromatic rings. The van der Waals surface area contributed by atoms with E-state index in [0.717, 1.165) is 30.6 Å². The highest BCUT2D eigenvalue weighted by molar-refractivity contribution is 5.93. The third-order valence-corrected chi connectivity index (χ3v) is 5.98. The van der Waals surface area contributed by atoms with Gasteiger partial charge in [0.05, 0.1) is 6.10 Å². The molecule has 0 bridgehead atoms. The summed E-state index contributed by atoms with van der Waals surface area (Å²) in [5.74, 6) is -0.00386. The maximum absolute atomic E-state index is 13.3. The van der Waals surface area contributed by atoms with Crippen molar-refractivity contribution in [1.29, 1.82) is 0 Å². The van der Waals surface area contributed by atoms with Gasteiger partial charge in [0.25, 0.3) is 5.91 Å². The molecule has 0 radical (unpaired) electrons. The number of aromatic nitrogens is 2. The van der Waals surface area contributed by atoms with E-state index in [0.29, 0.717) is 18.8 Å². The molecule has 0 saturated carbocycles. The van der Waals surface area contributed by atoms with Gasteiger partial charge >= 0.3 is 0 Å². The number of carbonyl (C=O) groups excluding carboxylic acids is 1. The van der Waals surface area contributed by atoms with E-state index in [2.05, 4.69) is 48.2 Å². The van der Waals surface area contributed by atoms with E-state index in [9.17, 15) is 4.79 Å². The molecule has 6 nitrogen and oxygen atoms in total. The van der Waals surface area contributed by atoms with Gasteiger partial charge in [0.1, 0.15) is 11.3 Å². The number of nitrogens with zero attached hydrogens (tertiary/aromatic N) is 4. The van der Waals surface area contributed by atoms with Crippen LogP contribution in [0, 0.1) is 6.92 Å². The minimum Gasteiger partial charge on any atom is -0.373 e. The average Bonchev–Trinajstić information content (AvgIpc) is 3.18. The summed E-state index contributed by atoms with van der Waals surface area (Å²) in [4.78, 5) is 22.0. The number of carbonyl (C=O) groups is 1. The summed E-state index contributed by atoms with van der Waals surface area (Å²) < 4.78 is 8.00. The number of pyridine rings is 1. The van der Waals surface area contributed by atoms with Crippen molar-refractivity contribution in [2.45, 2.75) is 45.4 Å². The predicted molar refractivity (Wildman–Crippen MR) is 122 cm³/mol. The van der Waals surface area contributed by atoms with Gasteiger partial charge in [-0.2, -0.15) is 0 Å². The molecular formula is C25H32N4O2. The maximum atomic E-state index is 13.3. The van der Waals surface area contributed by atoms with E-state index < -0.39 is 0 Å². The fourth-order valence-corrected chi connectivity index (χ4v) is 4.40. The molecule has 2 atom stereocenters. The first-order valence-corrected chi connectivity index (χ1v) is 11.1. The van der Waals surface area contributed by atoms with Crippen LogP contribution < -0.4 is 0 Å². The average molecular weight is 421 g/mol. The van der Waals surface area contributed by atoms with Gasteiger partial charge in [-0.15, -0.1) is 0 Å². The number of hydrogen-bond acceptors (Lipinski definition) is 4. The van der Waals surface area contributed by atoms with E-state index in [1.54, 1.807) is 0 Å². The molecule has 164 valence electrons. The molecule has 6 heteroatoms. The Labute approximate surface area is 184 Å². The molecule has 0 aliphatic carbocycles. The minimum atomic E-state index is -0.00386. The molecule has 2 aromatic heterocycles. The Morgan fingerprint density at radius 2 is 2.00 bits per heavy atom. The van der Waals surface area contributed by atoms with Crippen molar-refractivity contribution in [3.05, 3.63) is 71.2 Å². The summed E-state index contributed by atoms with van der Waals surface area (Å²) in [5, 5.41) is 0. The number of rotatable bonds is 6. The van der Waals surface area contributed by atoms with Gasteiger partial charge in [0, 0.05) is 38.1 Å². The summed E-state index contributed by atoms with van der Waals surface area (Å²) in [5.41, 5.74) is 4.91. The standard InChI is InChI=1S/C25H32N4O2/c1-5-29(25(30)22-17-28-12-10-18(2)14-24(28)26-22)21-11-13-31-23(15-21)20-8-6-19(7-9-20)16-27(3)4/h6-10,12,14,17,21,23H,5,11,13,15-16H2,1-4H3/t21-,23+/m0/s1. The van der Waals surface area contributed by atoms with Gasteiger partial charge in [0.15, 0.2) is 0 Å². The fourth-order valence-electron chi connectivity index (χ4n) is 4.40. The quantitative estimate of drug-likeness (QED) is 0.603. The first kappa shape index (κ1) is 21.5. The lowest BCUT2D eigenvalue weighted by molar-refractivity contribution is -0.0232. The summed E-state index contributed by atoms with van der Waals surface area (Å²) in [6, 6.07) is 12.8. The van der Waals surface area contributed by atoms with Crippen molar-refractivity contribution in [2.75, 3.05) is 27.2 Å². The van der Waals surface area contributed by atoms with E-state index in [1.165, 1.54) is 11.1 Å². The van der Waals surface area contributed by atoms with E-state index in [-0.39, 0.29) is 18.1 Å². The van der Waals surface area contributed by atoms with Crippen LogP contribution in [0.5, 0.6) is 0 Å². The predicted octanol–water partition coefficient (Wildman–Crippen LogP) is 4.09. The number of hydrogen-bond donors (Lipinski definition) is 0. The van der Waals surface area contributed by atoms with Gasteiger partial charge in [-0.1, -0.05) is 24.3 Å². The fraction of sp³-hybridized carbons (Fsp3) is 0.440. The van der Waals surface area contributed by atoms with E-state index in [4.69, 9.17) is 4.74 Å². The van der Waals surface area contributed by atoms with Crippen molar-refractivity contribution in [2.24, 2.45) is 0 Å². The summed E-state index contributed by atoms with van der Waals surface area (Å²) in [6.45, 7) is 6.31. The van der Waals surface area contributed by atoms with Gasteiger partial charge in [-0.05, 0) is 69.6 Å². The van der Waals surface area contributed by atoms with Gasteiger partial charge in [-0.25, -0.2) is 4.98 Å². The molecule has 1 fully saturated rings. The highest BCUT2D eigenvalue weighted by Gasteiger charge is 2.31. The molecule has 1 aliphatic rings. The Kier molecular flexibility index (Phi) is 6.39. The molecular weight excluding hydrogens is 388 g/mol. The Bertz CT molecular complexity index is 1040. The molecule has 4 rings (SSSR count). The van der Waals surface area contributed by atoms with Crippen LogP contribution in [-0.2, 0) is 11.3 Å². The first-order valence-electron chi connectivity index (χ1n) is 11.1. The van der Waals surface area contributed by atoms with E-state index in [1.807, 2.05) is 47.7 Å². The Hall–Kier alpha value is -2.70. The molecule has 1 saturated heterocycles. The smallest absolute Gasteiger partial charge is 0.274 e. The van der Waals surface area contributed by atoms with Crippen molar-refractivity contribution < 1.29 is 9.53 Å². The second-order valence-corrected chi connectivity index (χ2v) is 8.70. The monoisotopic (exact) mass is 420 g/mol.